The lowest BCUT2D eigenvalue weighted by atomic mass is 10.2. The average molecular weight is 245 g/mol. The minimum atomic E-state index is 0.204. The summed E-state index contributed by atoms with van der Waals surface area (Å²) in [5.41, 5.74) is 1.21. The van der Waals surface area contributed by atoms with E-state index in [1.165, 1.54) is 5.56 Å². The van der Waals surface area contributed by atoms with Gasteiger partial charge in [0.15, 0.2) is 0 Å². The minimum Gasteiger partial charge on any atom is -0.494 e. The van der Waals surface area contributed by atoms with Crippen LogP contribution in [0.25, 0.3) is 0 Å². The lowest BCUT2D eigenvalue weighted by Gasteiger charge is -2.12. The Labute approximate surface area is 108 Å². The second-order valence-electron chi connectivity index (χ2n) is 4.20. The van der Waals surface area contributed by atoms with Gasteiger partial charge in [-0.25, -0.2) is 0 Å². The van der Waals surface area contributed by atoms with Gasteiger partial charge >= 0.3 is 0 Å². The van der Waals surface area contributed by atoms with Crippen LogP contribution in [0.15, 0.2) is 47.1 Å². The fraction of sp³-hybridized carbons (Fsp3) is 0.333. The Morgan fingerprint density at radius 2 is 2.17 bits per heavy atom. The number of nitrogens with one attached hydrogen (secondary N) is 1. The molecule has 18 heavy (non-hydrogen) atoms. The Hall–Kier alpha value is -1.74. The van der Waals surface area contributed by atoms with Crippen molar-refractivity contribution in [1.82, 2.24) is 5.32 Å². The molecule has 1 heterocycles. The molecule has 0 fully saturated rings. The van der Waals surface area contributed by atoms with Crippen LogP contribution >= 0.6 is 0 Å². The first-order valence-electron chi connectivity index (χ1n) is 6.28. The predicted octanol–water partition coefficient (Wildman–Crippen LogP) is 3.53. The molecule has 1 aromatic heterocycles. The van der Waals surface area contributed by atoms with Crippen LogP contribution in [0, 0.1) is 0 Å². The minimum absolute atomic E-state index is 0.204. The summed E-state index contributed by atoms with van der Waals surface area (Å²) < 4.78 is 10.8. The molecule has 0 saturated carbocycles. The number of benzene rings is 1. The summed E-state index contributed by atoms with van der Waals surface area (Å²) in [5.74, 6) is 1.87. The van der Waals surface area contributed by atoms with E-state index in [4.69, 9.17) is 9.15 Å². The Bertz CT molecular complexity index is 465. The number of hydrogen-bond acceptors (Lipinski definition) is 3. The fourth-order valence-corrected chi connectivity index (χ4v) is 1.82. The molecule has 96 valence electrons. The van der Waals surface area contributed by atoms with Crippen LogP contribution < -0.4 is 10.1 Å². The highest BCUT2D eigenvalue weighted by molar-refractivity contribution is 5.28. The first kappa shape index (κ1) is 12.7. The van der Waals surface area contributed by atoms with E-state index >= 15 is 0 Å². The maximum Gasteiger partial charge on any atom is 0.120 e. The highest BCUT2D eigenvalue weighted by Crippen LogP contribution is 2.16. The maximum absolute atomic E-state index is 5.48. The molecule has 1 N–H and O–H groups in total. The molecule has 0 radical (unpaired) electrons. The van der Waals surface area contributed by atoms with E-state index in [1.54, 1.807) is 6.26 Å². The normalized spacial score (nSPS) is 12.3. The van der Waals surface area contributed by atoms with Crippen molar-refractivity contribution in [2.24, 2.45) is 0 Å². The number of hydrogen-bond donors (Lipinski definition) is 1. The summed E-state index contributed by atoms with van der Waals surface area (Å²) in [4.78, 5) is 0. The summed E-state index contributed by atoms with van der Waals surface area (Å²) >= 11 is 0. The van der Waals surface area contributed by atoms with Gasteiger partial charge in [-0.05, 0) is 43.7 Å². The second-order valence-corrected chi connectivity index (χ2v) is 4.20. The van der Waals surface area contributed by atoms with E-state index < -0.39 is 0 Å². The van der Waals surface area contributed by atoms with Crippen molar-refractivity contribution in [3.8, 4) is 5.75 Å². The monoisotopic (exact) mass is 245 g/mol. The van der Waals surface area contributed by atoms with Gasteiger partial charge in [-0.1, -0.05) is 12.1 Å². The first-order chi connectivity index (χ1) is 8.79. The molecule has 1 aromatic carbocycles. The quantitative estimate of drug-likeness (QED) is 0.845. The summed E-state index contributed by atoms with van der Waals surface area (Å²) in [6.07, 6.45) is 1.70. The largest absolute Gasteiger partial charge is 0.494 e. The van der Waals surface area contributed by atoms with Crippen molar-refractivity contribution < 1.29 is 9.15 Å². The molecule has 2 rings (SSSR count). The highest BCUT2D eigenvalue weighted by atomic mass is 16.5. The van der Waals surface area contributed by atoms with E-state index in [1.807, 2.05) is 31.2 Å². The van der Waals surface area contributed by atoms with Gasteiger partial charge in [0.2, 0.25) is 0 Å². The van der Waals surface area contributed by atoms with Crippen molar-refractivity contribution in [2.45, 2.75) is 26.4 Å². The van der Waals surface area contributed by atoms with Crippen molar-refractivity contribution in [3.05, 3.63) is 54.0 Å². The molecule has 0 aliphatic rings. The molecule has 3 nitrogen and oxygen atoms in total. The molecule has 0 aliphatic heterocycles. The Balaban J connectivity index is 1.91. The van der Waals surface area contributed by atoms with Crippen molar-refractivity contribution in [3.63, 3.8) is 0 Å². The third-order valence-electron chi connectivity index (χ3n) is 2.79. The van der Waals surface area contributed by atoms with E-state index in [0.29, 0.717) is 6.61 Å². The number of rotatable bonds is 6. The van der Waals surface area contributed by atoms with Gasteiger partial charge in [-0.3, -0.25) is 0 Å². The Kier molecular flexibility index (Phi) is 4.42. The van der Waals surface area contributed by atoms with E-state index in [0.717, 1.165) is 18.1 Å². The molecule has 1 atom stereocenters. The van der Waals surface area contributed by atoms with Crippen LogP contribution in [0.3, 0.4) is 0 Å². The lowest BCUT2D eigenvalue weighted by molar-refractivity contribution is 0.339. The average Bonchev–Trinajstić information content (AvgIpc) is 2.91. The van der Waals surface area contributed by atoms with Gasteiger partial charge in [-0.15, -0.1) is 0 Å². The third-order valence-corrected chi connectivity index (χ3v) is 2.79. The predicted molar refractivity (Wildman–Crippen MR) is 71.6 cm³/mol. The zero-order valence-corrected chi connectivity index (χ0v) is 10.8. The summed E-state index contributed by atoms with van der Waals surface area (Å²) in [6.45, 7) is 5.57. The topological polar surface area (TPSA) is 34.4 Å². The van der Waals surface area contributed by atoms with Crippen LogP contribution in [0.5, 0.6) is 5.75 Å². The Morgan fingerprint density at radius 1 is 1.28 bits per heavy atom. The molecule has 0 spiro atoms. The van der Waals surface area contributed by atoms with Crippen LogP contribution in [0.4, 0.5) is 0 Å². The fourth-order valence-electron chi connectivity index (χ4n) is 1.82. The molecule has 0 unspecified atom stereocenters. The SMILES string of the molecule is CCOc1cccc(CN[C@H](C)c2ccco2)c1. The van der Waals surface area contributed by atoms with Gasteiger partial charge in [0.1, 0.15) is 11.5 Å². The second kappa shape index (κ2) is 6.26. The summed E-state index contributed by atoms with van der Waals surface area (Å²) in [5, 5.41) is 3.42. The maximum atomic E-state index is 5.48. The van der Waals surface area contributed by atoms with Gasteiger partial charge in [0.25, 0.3) is 0 Å². The number of ether oxygens (including phenoxy) is 1. The van der Waals surface area contributed by atoms with Crippen molar-refractivity contribution in [2.75, 3.05) is 6.61 Å². The highest BCUT2D eigenvalue weighted by Gasteiger charge is 2.07. The van der Waals surface area contributed by atoms with Crippen LogP contribution in [0.2, 0.25) is 0 Å². The summed E-state index contributed by atoms with van der Waals surface area (Å²) in [7, 11) is 0. The van der Waals surface area contributed by atoms with Gasteiger partial charge in [-0.2, -0.15) is 0 Å². The van der Waals surface area contributed by atoms with Crippen molar-refractivity contribution >= 4 is 0 Å². The van der Waals surface area contributed by atoms with Gasteiger partial charge in [0.05, 0.1) is 18.9 Å². The Morgan fingerprint density at radius 3 is 2.89 bits per heavy atom. The number of furan rings is 1. The van der Waals surface area contributed by atoms with Crippen LogP contribution in [0.1, 0.15) is 31.2 Å². The van der Waals surface area contributed by atoms with E-state index in [-0.39, 0.29) is 6.04 Å². The first-order valence-corrected chi connectivity index (χ1v) is 6.28. The zero-order chi connectivity index (χ0) is 12.8. The zero-order valence-electron chi connectivity index (χ0n) is 10.8. The molecule has 3 heteroatoms. The summed E-state index contributed by atoms with van der Waals surface area (Å²) in [6, 6.07) is 12.2. The van der Waals surface area contributed by atoms with Gasteiger partial charge < -0.3 is 14.5 Å². The third kappa shape index (κ3) is 3.37. The smallest absolute Gasteiger partial charge is 0.120 e. The molecular weight excluding hydrogens is 226 g/mol. The van der Waals surface area contributed by atoms with E-state index in [9.17, 15) is 0 Å². The molecular formula is C15H19NO2. The molecule has 0 amide bonds. The standard InChI is InChI=1S/C15H19NO2/c1-3-17-14-7-4-6-13(10-14)11-16-12(2)15-8-5-9-18-15/h4-10,12,16H,3,11H2,1-2H3/t12-/m1/s1. The van der Waals surface area contributed by atoms with E-state index in [2.05, 4.69) is 24.4 Å². The lowest BCUT2D eigenvalue weighted by Crippen LogP contribution is -2.17. The van der Waals surface area contributed by atoms with Gasteiger partial charge in [0, 0.05) is 6.54 Å². The van der Waals surface area contributed by atoms with Crippen LogP contribution in [-0.2, 0) is 6.54 Å². The molecule has 0 saturated heterocycles. The van der Waals surface area contributed by atoms with Crippen molar-refractivity contribution in [1.29, 1.82) is 0 Å². The molecule has 0 bridgehead atoms. The molecule has 2 aromatic rings. The molecule has 0 aliphatic carbocycles. The van der Waals surface area contributed by atoms with Crippen LogP contribution in [-0.4, -0.2) is 6.61 Å².